The predicted octanol–water partition coefficient (Wildman–Crippen LogP) is -1.57. The molecule has 0 bridgehead atoms. The van der Waals surface area contributed by atoms with E-state index < -0.39 is 0 Å². The van der Waals surface area contributed by atoms with Crippen molar-refractivity contribution < 1.29 is 40.5 Å². The Labute approximate surface area is 126 Å². The zero-order chi connectivity index (χ0) is 11.4. The summed E-state index contributed by atoms with van der Waals surface area (Å²) in [7, 11) is 0. The minimum atomic E-state index is 0. The summed E-state index contributed by atoms with van der Waals surface area (Å²) in [5.41, 5.74) is 9.98. The summed E-state index contributed by atoms with van der Waals surface area (Å²) in [5.74, 6) is 0. The Balaban J connectivity index is -0.0000000800. The Morgan fingerprint density at radius 2 is 1.27 bits per heavy atom. The van der Waals surface area contributed by atoms with Crippen molar-refractivity contribution in [3.8, 4) is 0 Å². The van der Waals surface area contributed by atoms with Crippen LogP contribution in [0.15, 0.2) is 0 Å². The molecule has 0 unspecified atom stereocenters. The molecule has 7 heteroatoms. The fourth-order valence-corrected chi connectivity index (χ4v) is 0.572. The molecule has 0 amide bonds. The largest absolute Gasteiger partial charge is 1.00 e. The molecule has 0 aromatic rings. The van der Waals surface area contributed by atoms with E-state index in [1.807, 2.05) is 13.8 Å². The number of hydrogen-bond acceptors (Lipinski definition) is 4. The van der Waals surface area contributed by atoms with E-state index in [0.29, 0.717) is 13.2 Å². The number of hydrogen-bond donors (Lipinski definition) is 2. The second kappa shape index (κ2) is 16.8. The maximum atomic E-state index is 4.99. The molecule has 0 aliphatic rings. The molecular weight excluding hydrogens is 243 g/mol. The molecule has 0 saturated heterocycles. The summed E-state index contributed by atoms with van der Waals surface area (Å²) >= 11 is 8.83. The van der Waals surface area contributed by atoms with Crippen molar-refractivity contribution >= 4 is 34.8 Å². The van der Waals surface area contributed by atoms with Crippen LogP contribution in [-0.4, -0.2) is 23.6 Å². The van der Waals surface area contributed by atoms with Crippen LogP contribution < -0.4 is 41.0 Å². The van der Waals surface area contributed by atoms with Gasteiger partial charge in [-0.05, 0) is 37.3 Å². The molecule has 4 nitrogen and oxygen atoms in total. The fourth-order valence-electron chi connectivity index (χ4n) is 0.405. The van der Waals surface area contributed by atoms with Gasteiger partial charge in [0.1, 0.15) is 0 Å². The summed E-state index contributed by atoms with van der Waals surface area (Å²) in [4.78, 5) is 0. The topological polar surface area (TPSA) is 70.5 Å². The van der Waals surface area contributed by atoms with Gasteiger partial charge in [0, 0.05) is 0 Å². The van der Waals surface area contributed by atoms with E-state index >= 15 is 0 Å². The quantitative estimate of drug-likeness (QED) is 0.471. The van der Waals surface area contributed by atoms with Crippen LogP contribution in [0.3, 0.4) is 0 Å². The van der Waals surface area contributed by atoms with Gasteiger partial charge in [-0.15, -0.1) is 0 Å². The molecule has 86 valence electrons. The molecule has 0 heterocycles. The molecule has 0 aromatic heterocycles. The molecule has 15 heavy (non-hydrogen) atoms. The Morgan fingerprint density at radius 1 is 1.00 bits per heavy atom. The number of ether oxygens (including phenoxy) is 2. The standard InChI is InChI=1S/2C4H9NOS.Na.H/c2*1-2-3-6-4(5)7;;/h2*2-3H2,1H3,(H2,5,7);;/q;;+1;-1. The molecular formula is C8H19N2NaO2S2. The van der Waals surface area contributed by atoms with Crippen molar-refractivity contribution in [3.05, 3.63) is 0 Å². The van der Waals surface area contributed by atoms with Crippen LogP contribution in [0.4, 0.5) is 0 Å². The Kier molecular flexibility index (Phi) is 23.2. The van der Waals surface area contributed by atoms with Gasteiger partial charge in [-0.2, -0.15) is 0 Å². The molecule has 0 spiro atoms. The van der Waals surface area contributed by atoms with Crippen molar-refractivity contribution in [2.45, 2.75) is 26.7 Å². The first-order valence-corrected chi connectivity index (χ1v) is 5.20. The summed E-state index contributed by atoms with van der Waals surface area (Å²) < 4.78 is 9.40. The van der Waals surface area contributed by atoms with E-state index in [4.69, 9.17) is 20.9 Å². The van der Waals surface area contributed by atoms with Gasteiger partial charge in [-0.1, -0.05) is 13.8 Å². The van der Waals surface area contributed by atoms with Crippen molar-refractivity contribution in [1.29, 1.82) is 0 Å². The van der Waals surface area contributed by atoms with Crippen LogP contribution in [0, 0.1) is 0 Å². The third-order valence-electron chi connectivity index (χ3n) is 0.897. The summed E-state index contributed by atoms with van der Waals surface area (Å²) in [5, 5.41) is 0.281. The van der Waals surface area contributed by atoms with Gasteiger partial charge in [0.05, 0.1) is 13.2 Å². The second-order valence-corrected chi connectivity index (χ2v) is 3.14. The molecule has 0 aliphatic carbocycles. The molecule has 0 atom stereocenters. The van der Waals surface area contributed by atoms with E-state index in [0.717, 1.165) is 12.8 Å². The van der Waals surface area contributed by atoms with Gasteiger partial charge in [0.2, 0.25) is 0 Å². The van der Waals surface area contributed by atoms with Crippen LogP contribution in [0.25, 0.3) is 0 Å². The first-order chi connectivity index (χ1) is 6.54. The zero-order valence-corrected chi connectivity index (χ0v) is 13.2. The Hall–Kier alpha value is 0.380. The number of thiocarbonyl (C=S) groups is 2. The molecule has 0 rings (SSSR count). The minimum Gasteiger partial charge on any atom is -1.00 e. The van der Waals surface area contributed by atoms with Crippen LogP contribution in [-0.2, 0) is 9.47 Å². The molecule has 0 saturated carbocycles. The summed E-state index contributed by atoms with van der Waals surface area (Å²) in [6.45, 7) is 5.27. The summed E-state index contributed by atoms with van der Waals surface area (Å²) in [6.07, 6.45) is 1.91. The van der Waals surface area contributed by atoms with Gasteiger partial charge in [0.25, 0.3) is 10.3 Å². The minimum absolute atomic E-state index is 0. The smallest absolute Gasteiger partial charge is 1.00 e. The number of rotatable bonds is 4. The maximum absolute atomic E-state index is 4.99. The van der Waals surface area contributed by atoms with Crippen molar-refractivity contribution in [1.82, 2.24) is 0 Å². The van der Waals surface area contributed by atoms with Gasteiger partial charge in [-0.3, -0.25) is 0 Å². The van der Waals surface area contributed by atoms with Crippen LogP contribution in [0.1, 0.15) is 28.1 Å². The Morgan fingerprint density at radius 3 is 1.33 bits per heavy atom. The van der Waals surface area contributed by atoms with E-state index in [9.17, 15) is 0 Å². The van der Waals surface area contributed by atoms with Crippen molar-refractivity contribution in [2.75, 3.05) is 13.2 Å². The van der Waals surface area contributed by atoms with Gasteiger partial charge in [0.15, 0.2) is 0 Å². The van der Waals surface area contributed by atoms with Gasteiger partial charge in [-0.25, -0.2) is 0 Å². The maximum Gasteiger partial charge on any atom is 1.00 e. The molecule has 0 radical (unpaired) electrons. The molecule has 0 aromatic carbocycles. The van der Waals surface area contributed by atoms with Crippen molar-refractivity contribution in [3.63, 3.8) is 0 Å². The van der Waals surface area contributed by atoms with E-state index in [-0.39, 0.29) is 41.3 Å². The Bertz CT molecular complexity index is 158. The zero-order valence-electron chi connectivity index (χ0n) is 10.6. The van der Waals surface area contributed by atoms with E-state index in [1.165, 1.54) is 0 Å². The summed E-state index contributed by atoms with van der Waals surface area (Å²) in [6, 6.07) is 0. The number of nitrogens with two attached hydrogens (primary N) is 2. The van der Waals surface area contributed by atoms with Gasteiger partial charge >= 0.3 is 29.6 Å². The van der Waals surface area contributed by atoms with Crippen molar-refractivity contribution in [2.24, 2.45) is 11.5 Å². The first kappa shape index (κ1) is 20.8. The average molecular weight is 262 g/mol. The first-order valence-electron chi connectivity index (χ1n) is 4.39. The SMILES string of the molecule is CCCOC(N)=S.CCCOC(N)=S.[H-].[Na+]. The van der Waals surface area contributed by atoms with E-state index in [2.05, 4.69) is 24.4 Å². The monoisotopic (exact) mass is 262 g/mol. The third kappa shape index (κ3) is 31.4. The van der Waals surface area contributed by atoms with Gasteiger partial charge < -0.3 is 22.4 Å². The fraction of sp³-hybridized carbons (Fsp3) is 0.750. The van der Waals surface area contributed by atoms with Crippen LogP contribution in [0.2, 0.25) is 0 Å². The third-order valence-corrected chi connectivity index (χ3v) is 1.13. The molecule has 0 fully saturated rings. The molecule has 4 N–H and O–H groups in total. The average Bonchev–Trinajstić information content (AvgIpc) is 2.12. The van der Waals surface area contributed by atoms with Crippen LogP contribution >= 0.6 is 24.4 Å². The second-order valence-electron chi connectivity index (χ2n) is 2.33. The predicted molar refractivity (Wildman–Crippen MR) is 67.2 cm³/mol. The normalized spacial score (nSPS) is 7.60. The van der Waals surface area contributed by atoms with E-state index in [1.54, 1.807) is 0 Å². The molecule has 0 aliphatic heterocycles. The van der Waals surface area contributed by atoms with Crippen LogP contribution in [0.5, 0.6) is 0 Å².